The molecule has 114 valence electrons. The molecule has 3 aromatic heterocycles. The molecule has 6 heteroatoms. The zero-order valence-corrected chi connectivity index (χ0v) is 14.1. The highest BCUT2D eigenvalue weighted by Gasteiger charge is 2.19. The predicted molar refractivity (Wildman–Crippen MR) is 90.8 cm³/mol. The Morgan fingerprint density at radius 3 is 2.64 bits per heavy atom. The maximum atomic E-state index is 12.2. The molecule has 0 saturated carbocycles. The highest BCUT2D eigenvalue weighted by molar-refractivity contribution is 7.12. The molecule has 3 heterocycles. The minimum absolute atomic E-state index is 0.0256. The summed E-state index contributed by atoms with van der Waals surface area (Å²) in [6.07, 6.45) is 0. The first-order valence-electron chi connectivity index (χ1n) is 7.03. The molecule has 4 nitrogen and oxygen atoms in total. The van der Waals surface area contributed by atoms with Crippen molar-refractivity contribution in [1.82, 2.24) is 15.1 Å². The Labute approximate surface area is 137 Å². The first-order chi connectivity index (χ1) is 10.6. The molecular weight excluding hydrogens is 314 g/mol. The molecule has 0 fully saturated rings. The van der Waals surface area contributed by atoms with E-state index in [9.17, 15) is 4.79 Å². The van der Waals surface area contributed by atoms with Gasteiger partial charge in [0.05, 0.1) is 10.6 Å². The van der Waals surface area contributed by atoms with Crippen LogP contribution in [0.2, 0.25) is 0 Å². The molecule has 3 rings (SSSR count). The van der Waals surface area contributed by atoms with Gasteiger partial charge in [-0.05, 0) is 42.8 Å². The first kappa shape index (κ1) is 15.0. The van der Waals surface area contributed by atoms with Crippen LogP contribution in [-0.2, 0) is 0 Å². The molecule has 3 aromatic rings. The van der Waals surface area contributed by atoms with Crippen molar-refractivity contribution in [3.8, 4) is 0 Å². The summed E-state index contributed by atoms with van der Waals surface area (Å²) in [6, 6.07) is 9.92. The molecule has 0 saturated heterocycles. The normalized spacial score (nSPS) is 12.3. The summed E-state index contributed by atoms with van der Waals surface area (Å²) in [5.74, 6) is -0.0295. The Hall–Kier alpha value is -1.92. The smallest absolute Gasteiger partial charge is 0.261 e. The Kier molecular flexibility index (Phi) is 4.40. The minimum atomic E-state index is -0.0295. The van der Waals surface area contributed by atoms with Crippen molar-refractivity contribution < 1.29 is 4.79 Å². The number of hydrogen-bond donors (Lipinski definition) is 1. The van der Waals surface area contributed by atoms with Crippen LogP contribution in [0.25, 0.3) is 0 Å². The van der Waals surface area contributed by atoms with E-state index in [1.807, 2.05) is 42.1 Å². The zero-order valence-electron chi connectivity index (χ0n) is 12.4. The molecule has 0 spiro atoms. The van der Waals surface area contributed by atoms with Crippen LogP contribution in [0, 0.1) is 13.8 Å². The molecule has 1 atom stereocenters. The van der Waals surface area contributed by atoms with Gasteiger partial charge < -0.3 is 5.32 Å². The van der Waals surface area contributed by atoms with E-state index in [1.165, 1.54) is 16.2 Å². The highest BCUT2D eigenvalue weighted by Crippen LogP contribution is 2.24. The van der Waals surface area contributed by atoms with Gasteiger partial charge in [0.2, 0.25) is 0 Å². The standard InChI is InChI=1S/C16H17N3OS2/c1-11-9-12(2)19(18-11)13(14-5-3-7-21-14)10-17-16(20)15-6-4-8-22-15/h3-9,13H,10H2,1-2H3,(H,17,20)/t13-/m1/s1. The van der Waals surface area contributed by atoms with Crippen LogP contribution in [0.4, 0.5) is 0 Å². The van der Waals surface area contributed by atoms with Gasteiger partial charge in [0, 0.05) is 17.1 Å². The van der Waals surface area contributed by atoms with Crippen LogP contribution in [0.15, 0.2) is 41.1 Å². The van der Waals surface area contributed by atoms with Gasteiger partial charge in [0.15, 0.2) is 0 Å². The number of hydrogen-bond acceptors (Lipinski definition) is 4. The third-order valence-electron chi connectivity index (χ3n) is 3.41. The topological polar surface area (TPSA) is 46.9 Å². The number of aromatic nitrogens is 2. The van der Waals surface area contributed by atoms with Crippen molar-refractivity contribution in [2.45, 2.75) is 19.9 Å². The molecule has 0 aliphatic carbocycles. The minimum Gasteiger partial charge on any atom is -0.349 e. The van der Waals surface area contributed by atoms with Crippen molar-refractivity contribution >= 4 is 28.6 Å². The fourth-order valence-electron chi connectivity index (χ4n) is 2.43. The summed E-state index contributed by atoms with van der Waals surface area (Å²) < 4.78 is 2.00. The highest BCUT2D eigenvalue weighted by atomic mass is 32.1. The van der Waals surface area contributed by atoms with Crippen molar-refractivity contribution in [3.05, 3.63) is 62.2 Å². The second-order valence-electron chi connectivity index (χ2n) is 5.09. The third kappa shape index (κ3) is 3.13. The van der Waals surface area contributed by atoms with E-state index in [0.29, 0.717) is 6.54 Å². The lowest BCUT2D eigenvalue weighted by molar-refractivity contribution is 0.0953. The molecule has 0 aromatic carbocycles. The average molecular weight is 331 g/mol. The summed E-state index contributed by atoms with van der Waals surface area (Å²) in [6.45, 7) is 4.56. The van der Waals surface area contributed by atoms with Crippen LogP contribution in [-0.4, -0.2) is 22.2 Å². The molecule has 1 amide bonds. The maximum absolute atomic E-state index is 12.2. The van der Waals surface area contributed by atoms with Crippen molar-refractivity contribution in [2.75, 3.05) is 6.54 Å². The van der Waals surface area contributed by atoms with Gasteiger partial charge in [-0.15, -0.1) is 22.7 Å². The molecule has 0 unspecified atom stereocenters. The van der Waals surface area contributed by atoms with E-state index in [1.54, 1.807) is 11.3 Å². The van der Waals surface area contributed by atoms with Crippen molar-refractivity contribution in [2.24, 2.45) is 0 Å². The van der Waals surface area contributed by atoms with Crippen LogP contribution < -0.4 is 5.32 Å². The van der Waals surface area contributed by atoms with E-state index < -0.39 is 0 Å². The van der Waals surface area contributed by atoms with E-state index in [2.05, 4.69) is 27.9 Å². The first-order valence-corrected chi connectivity index (χ1v) is 8.79. The van der Waals surface area contributed by atoms with Crippen LogP contribution in [0.5, 0.6) is 0 Å². The number of amides is 1. The van der Waals surface area contributed by atoms with Crippen LogP contribution in [0.3, 0.4) is 0 Å². The number of carbonyl (C=O) groups is 1. The number of nitrogens with one attached hydrogen (secondary N) is 1. The quantitative estimate of drug-likeness (QED) is 0.776. The summed E-state index contributed by atoms with van der Waals surface area (Å²) >= 11 is 3.13. The Bertz CT molecular complexity index is 745. The summed E-state index contributed by atoms with van der Waals surface area (Å²) in [4.78, 5) is 14.1. The van der Waals surface area contributed by atoms with Crippen molar-refractivity contribution in [3.63, 3.8) is 0 Å². The van der Waals surface area contributed by atoms with Gasteiger partial charge >= 0.3 is 0 Å². The Morgan fingerprint density at radius 1 is 1.27 bits per heavy atom. The van der Waals surface area contributed by atoms with E-state index in [-0.39, 0.29) is 11.9 Å². The second kappa shape index (κ2) is 6.46. The molecule has 0 aliphatic rings. The number of aryl methyl sites for hydroxylation is 2. The van der Waals surface area contributed by atoms with Gasteiger partial charge in [-0.1, -0.05) is 12.1 Å². The molecule has 0 radical (unpaired) electrons. The van der Waals surface area contributed by atoms with E-state index in [0.717, 1.165) is 16.3 Å². The molecule has 1 N–H and O–H groups in total. The molecule has 0 aliphatic heterocycles. The lowest BCUT2D eigenvalue weighted by Crippen LogP contribution is -2.31. The van der Waals surface area contributed by atoms with Gasteiger partial charge in [0.25, 0.3) is 5.91 Å². The molecule has 22 heavy (non-hydrogen) atoms. The number of thiophene rings is 2. The van der Waals surface area contributed by atoms with Gasteiger partial charge in [-0.3, -0.25) is 9.48 Å². The fourth-order valence-corrected chi connectivity index (χ4v) is 3.89. The van der Waals surface area contributed by atoms with E-state index >= 15 is 0 Å². The summed E-state index contributed by atoms with van der Waals surface area (Å²) in [5, 5.41) is 11.6. The second-order valence-corrected chi connectivity index (χ2v) is 7.02. The van der Waals surface area contributed by atoms with Crippen molar-refractivity contribution in [1.29, 1.82) is 0 Å². The zero-order chi connectivity index (χ0) is 15.5. The lowest BCUT2D eigenvalue weighted by Gasteiger charge is -2.18. The number of nitrogens with zero attached hydrogens (tertiary/aromatic N) is 2. The average Bonchev–Trinajstić information content (AvgIpc) is 3.22. The fraction of sp³-hybridized carbons (Fsp3) is 0.250. The van der Waals surface area contributed by atoms with Gasteiger partial charge in [0.1, 0.15) is 6.04 Å². The SMILES string of the molecule is Cc1cc(C)n([C@H](CNC(=O)c2cccs2)c2cccs2)n1. The Balaban J connectivity index is 1.81. The molecule has 0 bridgehead atoms. The molecular formula is C16H17N3OS2. The summed E-state index contributed by atoms with van der Waals surface area (Å²) in [7, 11) is 0. The van der Waals surface area contributed by atoms with E-state index in [4.69, 9.17) is 0 Å². The van der Waals surface area contributed by atoms with Gasteiger partial charge in [-0.2, -0.15) is 5.10 Å². The monoisotopic (exact) mass is 331 g/mol. The Morgan fingerprint density at radius 2 is 2.05 bits per heavy atom. The number of rotatable bonds is 5. The summed E-state index contributed by atoms with van der Waals surface area (Å²) in [5.41, 5.74) is 2.09. The number of carbonyl (C=O) groups excluding carboxylic acids is 1. The lowest BCUT2D eigenvalue weighted by atomic mass is 10.2. The third-order valence-corrected chi connectivity index (χ3v) is 5.25. The van der Waals surface area contributed by atoms with Crippen LogP contribution in [0.1, 0.15) is 32.0 Å². The van der Waals surface area contributed by atoms with Gasteiger partial charge in [-0.25, -0.2) is 0 Å². The predicted octanol–water partition coefficient (Wildman–Crippen LogP) is 3.64. The van der Waals surface area contributed by atoms with Crippen LogP contribution >= 0.6 is 22.7 Å². The maximum Gasteiger partial charge on any atom is 0.261 e. The largest absolute Gasteiger partial charge is 0.349 e.